The molecule has 5 unspecified atom stereocenters. The van der Waals surface area contributed by atoms with Gasteiger partial charge in [0.15, 0.2) is 0 Å². The molecule has 4 aliphatic rings. The van der Waals surface area contributed by atoms with Crippen molar-refractivity contribution in [2.24, 2.45) is 34.5 Å². The molecule has 4 rings (SSSR count). The third-order valence-electron chi connectivity index (χ3n) is 7.77. The van der Waals surface area contributed by atoms with E-state index in [2.05, 4.69) is 6.92 Å². The zero-order chi connectivity index (χ0) is 19.3. The van der Waals surface area contributed by atoms with Crippen molar-refractivity contribution in [3.8, 4) is 0 Å². The second-order valence-corrected chi connectivity index (χ2v) is 8.50. The summed E-state index contributed by atoms with van der Waals surface area (Å²) in [7, 11) is 0. The SMILES string of the molecule is [2H]C1([2H])CC2(C)C3CCC4(C)C(CC[C@@H]4O)C3CC[C@@H]2C([2H])([2H])[C@]1([2H])O. The minimum atomic E-state index is -2.72. The van der Waals surface area contributed by atoms with Gasteiger partial charge in [-0.2, -0.15) is 0 Å². The molecule has 8 atom stereocenters. The lowest BCUT2D eigenvalue weighted by molar-refractivity contribution is -0.133. The fourth-order valence-electron chi connectivity index (χ4n) is 6.41. The first kappa shape index (κ1) is 9.93. The molecule has 0 aliphatic heterocycles. The van der Waals surface area contributed by atoms with Gasteiger partial charge >= 0.3 is 0 Å². The highest BCUT2D eigenvalue weighted by Crippen LogP contribution is 2.66. The van der Waals surface area contributed by atoms with Crippen LogP contribution in [0.25, 0.3) is 0 Å². The maximum absolute atomic E-state index is 10.5. The summed E-state index contributed by atoms with van der Waals surface area (Å²) in [6, 6.07) is 0. The first-order chi connectivity index (χ1) is 11.8. The number of aliphatic hydroxyl groups is 2. The second kappa shape index (κ2) is 4.71. The molecule has 2 heteroatoms. The van der Waals surface area contributed by atoms with Crippen molar-refractivity contribution >= 4 is 0 Å². The van der Waals surface area contributed by atoms with Crippen LogP contribution < -0.4 is 0 Å². The Kier molecular flexibility index (Phi) is 2.22. The number of rotatable bonds is 0. The van der Waals surface area contributed by atoms with Gasteiger partial charge in [-0.05, 0) is 92.2 Å². The molecule has 120 valence electrons. The Bertz CT molecular complexity index is 609. The number of aliphatic hydroxyl groups excluding tert-OH is 1. The van der Waals surface area contributed by atoms with Gasteiger partial charge in [-0.1, -0.05) is 13.8 Å². The van der Waals surface area contributed by atoms with Crippen LogP contribution in [0.15, 0.2) is 0 Å². The summed E-state index contributed by atoms with van der Waals surface area (Å²) >= 11 is 0. The summed E-state index contributed by atoms with van der Waals surface area (Å²) in [6.07, 6.45) is -2.43. The van der Waals surface area contributed by atoms with Crippen LogP contribution in [-0.2, 0) is 0 Å². The van der Waals surface area contributed by atoms with E-state index >= 15 is 0 Å². The van der Waals surface area contributed by atoms with Gasteiger partial charge in [0.05, 0.1) is 13.6 Å². The molecular formula is C19H32O2. The highest BCUT2D eigenvalue weighted by Gasteiger charge is 2.59. The van der Waals surface area contributed by atoms with E-state index in [1.807, 2.05) is 6.92 Å². The van der Waals surface area contributed by atoms with Crippen molar-refractivity contribution < 1.29 is 17.1 Å². The van der Waals surface area contributed by atoms with Crippen LogP contribution >= 0.6 is 0 Å². The Labute approximate surface area is 136 Å². The molecule has 0 bridgehead atoms. The maximum atomic E-state index is 10.5. The second-order valence-electron chi connectivity index (χ2n) is 8.50. The average molecular weight is 297 g/mol. The molecule has 4 fully saturated rings. The minimum Gasteiger partial charge on any atom is -0.393 e. The predicted molar refractivity (Wildman–Crippen MR) is 83.7 cm³/mol. The van der Waals surface area contributed by atoms with E-state index in [1.54, 1.807) is 0 Å². The zero-order valence-electron chi connectivity index (χ0n) is 18.2. The smallest absolute Gasteiger partial charge is 0.0600 e. The Hall–Kier alpha value is -0.0800. The summed E-state index contributed by atoms with van der Waals surface area (Å²) in [6.45, 7) is 4.20. The molecule has 0 aromatic carbocycles. The molecule has 0 radical (unpaired) electrons. The molecular weight excluding hydrogens is 260 g/mol. The highest BCUT2D eigenvalue weighted by atomic mass is 16.3. The Morgan fingerprint density at radius 3 is 2.52 bits per heavy atom. The van der Waals surface area contributed by atoms with Crippen LogP contribution in [0.3, 0.4) is 0 Å². The lowest BCUT2D eigenvalue weighted by Crippen LogP contribution is -2.54. The van der Waals surface area contributed by atoms with Gasteiger partial charge in [-0.25, -0.2) is 0 Å². The van der Waals surface area contributed by atoms with E-state index in [1.165, 1.54) is 0 Å². The van der Waals surface area contributed by atoms with Gasteiger partial charge in [0.2, 0.25) is 0 Å². The molecule has 0 aromatic rings. The first-order valence-corrected chi connectivity index (χ1v) is 8.69. The van der Waals surface area contributed by atoms with Crippen LogP contribution in [0, 0.1) is 34.5 Å². The molecule has 21 heavy (non-hydrogen) atoms. The fourth-order valence-corrected chi connectivity index (χ4v) is 6.41. The summed E-state index contributed by atoms with van der Waals surface area (Å²) in [5.74, 6) is 0.502. The monoisotopic (exact) mass is 297 g/mol. The summed E-state index contributed by atoms with van der Waals surface area (Å²) in [5, 5.41) is 21.0. The molecule has 2 N–H and O–H groups in total. The summed E-state index contributed by atoms with van der Waals surface area (Å²) in [5.41, 5.74) is -0.620. The fraction of sp³-hybridized carbons (Fsp3) is 1.00. The summed E-state index contributed by atoms with van der Waals surface area (Å²) < 4.78 is 41.7. The van der Waals surface area contributed by atoms with Gasteiger partial charge in [-0.15, -0.1) is 0 Å². The third kappa shape index (κ3) is 1.91. The van der Waals surface area contributed by atoms with Crippen LogP contribution in [0.1, 0.15) is 78.4 Å². The van der Waals surface area contributed by atoms with Gasteiger partial charge < -0.3 is 10.2 Å². The topological polar surface area (TPSA) is 40.5 Å². The van der Waals surface area contributed by atoms with Gasteiger partial charge in [0.25, 0.3) is 0 Å². The first-order valence-electron chi connectivity index (χ1n) is 11.2. The summed E-state index contributed by atoms with van der Waals surface area (Å²) in [4.78, 5) is 0. The Balaban J connectivity index is 1.74. The molecule has 0 heterocycles. The van der Waals surface area contributed by atoms with Crippen molar-refractivity contribution in [2.75, 3.05) is 0 Å². The van der Waals surface area contributed by atoms with E-state index in [4.69, 9.17) is 6.85 Å². The van der Waals surface area contributed by atoms with Crippen LogP contribution in [0.2, 0.25) is 0 Å². The van der Waals surface area contributed by atoms with E-state index in [-0.39, 0.29) is 23.9 Å². The highest BCUT2D eigenvalue weighted by molar-refractivity contribution is 5.09. The quantitative estimate of drug-likeness (QED) is 0.715. The largest absolute Gasteiger partial charge is 0.393 e. The molecule has 0 amide bonds. The Morgan fingerprint density at radius 1 is 0.952 bits per heavy atom. The molecule has 0 aromatic heterocycles. The standard InChI is InChI=1S/C19H32O2/c1-18-9-7-13(20)11-12(18)3-4-14-15-5-6-17(21)19(15,2)10-8-16(14)18/h12-17,20-21H,3-11H2,1-2H3/t12-,13-,14?,15?,16?,17+,18?,19?/m1/s1/i7D2,11D2,13D. The van der Waals surface area contributed by atoms with E-state index < -0.39 is 30.2 Å². The number of hydrogen-bond donors (Lipinski definition) is 2. The Morgan fingerprint density at radius 2 is 1.71 bits per heavy atom. The minimum absolute atomic E-state index is 0.0390. The lowest BCUT2D eigenvalue weighted by Gasteiger charge is -2.60. The molecule has 0 saturated heterocycles. The van der Waals surface area contributed by atoms with Crippen LogP contribution in [-0.4, -0.2) is 22.4 Å². The van der Waals surface area contributed by atoms with Crippen LogP contribution in [0.5, 0.6) is 0 Å². The normalized spacial score (nSPS) is 71.8. The number of fused-ring (bicyclic) bond motifs is 5. The van der Waals surface area contributed by atoms with E-state index in [0.717, 1.165) is 32.1 Å². The van der Waals surface area contributed by atoms with Gasteiger partial charge in [-0.3, -0.25) is 0 Å². The molecule has 2 nitrogen and oxygen atoms in total. The third-order valence-corrected chi connectivity index (χ3v) is 7.77. The zero-order valence-corrected chi connectivity index (χ0v) is 13.2. The molecule has 4 aliphatic carbocycles. The lowest BCUT2D eigenvalue weighted by atomic mass is 9.45. The van der Waals surface area contributed by atoms with Crippen molar-refractivity contribution in [3.05, 3.63) is 0 Å². The molecule has 4 saturated carbocycles. The van der Waals surface area contributed by atoms with Gasteiger partial charge in [0.1, 0.15) is 0 Å². The van der Waals surface area contributed by atoms with Crippen molar-refractivity contribution in [1.29, 1.82) is 0 Å². The average Bonchev–Trinajstić information content (AvgIpc) is 2.81. The van der Waals surface area contributed by atoms with E-state index in [9.17, 15) is 10.2 Å². The number of hydrogen-bond acceptors (Lipinski definition) is 2. The van der Waals surface area contributed by atoms with E-state index in [0.29, 0.717) is 18.3 Å². The van der Waals surface area contributed by atoms with Crippen LogP contribution in [0.4, 0.5) is 0 Å². The van der Waals surface area contributed by atoms with Gasteiger partial charge in [0, 0.05) is 5.48 Å². The predicted octanol–water partition coefficient (Wildman–Crippen LogP) is 3.75. The van der Waals surface area contributed by atoms with Crippen molar-refractivity contribution in [1.82, 2.24) is 0 Å². The maximum Gasteiger partial charge on any atom is 0.0600 e. The van der Waals surface area contributed by atoms with Crippen molar-refractivity contribution in [3.63, 3.8) is 0 Å². The van der Waals surface area contributed by atoms with Crippen molar-refractivity contribution in [2.45, 2.75) is 83.7 Å². The molecule has 0 spiro atoms.